The molecule has 1 aromatic rings. The fourth-order valence-electron chi connectivity index (χ4n) is 2.23. The zero-order chi connectivity index (χ0) is 13.9. The number of rotatable bonds is 3. The van der Waals surface area contributed by atoms with Crippen LogP contribution in [0.5, 0.6) is 0 Å². The number of hydrogen-bond acceptors (Lipinski definition) is 4. The van der Waals surface area contributed by atoms with Crippen LogP contribution < -0.4 is 16.4 Å². The number of amides is 1. The number of nitrogen functional groups attached to an aromatic ring is 1. The van der Waals surface area contributed by atoms with Crippen molar-refractivity contribution in [3.8, 4) is 0 Å². The van der Waals surface area contributed by atoms with Crippen LogP contribution >= 0.6 is 0 Å². The first-order valence-electron chi connectivity index (χ1n) is 6.52. The van der Waals surface area contributed by atoms with E-state index < -0.39 is 0 Å². The Kier molecular flexibility index (Phi) is 3.95. The molecule has 1 amide bonds. The van der Waals surface area contributed by atoms with Crippen LogP contribution in [-0.2, 0) is 4.74 Å². The molecule has 1 fully saturated rings. The van der Waals surface area contributed by atoms with Crippen molar-refractivity contribution < 1.29 is 9.53 Å². The van der Waals surface area contributed by atoms with Gasteiger partial charge in [-0.15, -0.1) is 0 Å². The normalized spacial score (nSPS) is 17.8. The Morgan fingerprint density at radius 3 is 2.63 bits per heavy atom. The second kappa shape index (κ2) is 5.48. The average molecular weight is 263 g/mol. The third-order valence-corrected chi connectivity index (χ3v) is 3.57. The summed E-state index contributed by atoms with van der Waals surface area (Å²) in [7, 11) is 1.60. The molecule has 1 aliphatic heterocycles. The van der Waals surface area contributed by atoms with Gasteiger partial charge in [-0.05, 0) is 38.0 Å². The van der Waals surface area contributed by atoms with Crippen molar-refractivity contribution in [1.29, 1.82) is 0 Å². The summed E-state index contributed by atoms with van der Waals surface area (Å²) in [6, 6.07) is 5.34. The highest BCUT2D eigenvalue weighted by molar-refractivity contribution is 5.95. The van der Waals surface area contributed by atoms with E-state index in [-0.39, 0.29) is 11.4 Å². The SMILES string of the molecule is CNC(=O)c1ccc(NC2(C)CCOCC2)c(N)c1. The Balaban J connectivity index is 2.15. The van der Waals surface area contributed by atoms with Crippen LogP contribution in [0.15, 0.2) is 18.2 Å². The number of carbonyl (C=O) groups excluding carboxylic acids is 1. The molecule has 0 bridgehead atoms. The Bertz CT molecular complexity index is 468. The maximum absolute atomic E-state index is 11.5. The number of nitrogens with two attached hydrogens (primary N) is 1. The van der Waals surface area contributed by atoms with Crippen LogP contribution in [0.2, 0.25) is 0 Å². The highest BCUT2D eigenvalue weighted by atomic mass is 16.5. The minimum absolute atomic E-state index is 0.000895. The fraction of sp³-hybridized carbons (Fsp3) is 0.500. The fourth-order valence-corrected chi connectivity index (χ4v) is 2.23. The number of ether oxygens (including phenoxy) is 1. The number of nitrogens with one attached hydrogen (secondary N) is 2. The number of anilines is 2. The van der Waals surface area contributed by atoms with Gasteiger partial charge in [0.1, 0.15) is 0 Å². The van der Waals surface area contributed by atoms with Crippen molar-refractivity contribution in [2.24, 2.45) is 0 Å². The monoisotopic (exact) mass is 263 g/mol. The van der Waals surface area contributed by atoms with Gasteiger partial charge in [0, 0.05) is 31.4 Å². The molecule has 0 spiro atoms. The molecular weight excluding hydrogens is 242 g/mol. The molecule has 19 heavy (non-hydrogen) atoms. The lowest BCUT2D eigenvalue weighted by atomic mass is 9.92. The highest BCUT2D eigenvalue weighted by Crippen LogP contribution is 2.29. The molecule has 0 aliphatic carbocycles. The lowest BCUT2D eigenvalue weighted by Crippen LogP contribution is -2.40. The van der Waals surface area contributed by atoms with Gasteiger partial charge >= 0.3 is 0 Å². The van der Waals surface area contributed by atoms with E-state index >= 15 is 0 Å². The minimum Gasteiger partial charge on any atom is -0.397 e. The first-order chi connectivity index (χ1) is 9.04. The molecule has 5 nitrogen and oxygen atoms in total. The van der Waals surface area contributed by atoms with Gasteiger partial charge in [0.25, 0.3) is 5.91 Å². The first-order valence-corrected chi connectivity index (χ1v) is 6.52. The zero-order valence-electron chi connectivity index (χ0n) is 11.5. The minimum atomic E-state index is -0.129. The van der Waals surface area contributed by atoms with Crippen LogP contribution in [0.25, 0.3) is 0 Å². The molecule has 104 valence electrons. The molecule has 0 aromatic heterocycles. The van der Waals surface area contributed by atoms with E-state index in [1.807, 2.05) is 6.07 Å². The van der Waals surface area contributed by atoms with Crippen molar-refractivity contribution in [2.45, 2.75) is 25.3 Å². The molecule has 4 N–H and O–H groups in total. The van der Waals surface area contributed by atoms with E-state index in [4.69, 9.17) is 10.5 Å². The van der Waals surface area contributed by atoms with Crippen LogP contribution in [-0.4, -0.2) is 31.7 Å². The van der Waals surface area contributed by atoms with Gasteiger partial charge in [-0.25, -0.2) is 0 Å². The molecule has 0 atom stereocenters. The summed E-state index contributed by atoms with van der Waals surface area (Å²) in [6.07, 6.45) is 1.90. The van der Waals surface area contributed by atoms with E-state index in [0.29, 0.717) is 11.3 Å². The van der Waals surface area contributed by atoms with Crippen molar-refractivity contribution in [3.05, 3.63) is 23.8 Å². The van der Waals surface area contributed by atoms with E-state index in [9.17, 15) is 4.79 Å². The van der Waals surface area contributed by atoms with E-state index in [1.54, 1.807) is 19.2 Å². The molecular formula is C14H21N3O2. The molecule has 1 heterocycles. The molecule has 0 radical (unpaired) electrons. The summed E-state index contributed by atoms with van der Waals surface area (Å²) >= 11 is 0. The molecule has 5 heteroatoms. The lowest BCUT2D eigenvalue weighted by molar-refractivity contribution is 0.0658. The maximum Gasteiger partial charge on any atom is 0.251 e. The predicted molar refractivity (Wildman–Crippen MR) is 76.3 cm³/mol. The van der Waals surface area contributed by atoms with Gasteiger partial charge in [0.15, 0.2) is 0 Å². The average Bonchev–Trinajstić information content (AvgIpc) is 2.41. The zero-order valence-corrected chi connectivity index (χ0v) is 11.5. The molecule has 0 unspecified atom stereocenters. The smallest absolute Gasteiger partial charge is 0.251 e. The molecule has 0 saturated carbocycles. The molecule has 1 saturated heterocycles. The second-order valence-corrected chi connectivity index (χ2v) is 5.18. The van der Waals surface area contributed by atoms with Crippen LogP contribution in [0.1, 0.15) is 30.1 Å². The Hall–Kier alpha value is -1.75. The molecule has 1 aliphatic rings. The number of benzene rings is 1. The van der Waals surface area contributed by atoms with Crippen molar-refractivity contribution in [3.63, 3.8) is 0 Å². The third-order valence-electron chi connectivity index (χ3n) is 3.57. The first kappa shape index (κ1) is 13.7. The van der Waals surface area contributed by atoms with Gasteiger partial charge < -0.3 is 21.1 Å². The van der Waals surface area contributed by atoms with Crippen molar-refractivity contribution in [2.75, 3.05) is 31.3 Å². The van der Waals surface area contributed by atoms with Gasteiger partial charge in [-0.2, -0.15) is 0 Å². The molecule has 1 aromatic carbocycles. The summed E-state index contributed by atoms with van der Waals surface area (Å²) in [6.45, 7) is 3.70. The standard InChI is InChI=1S/C14H21N3O2/c1-14(5-7-19-8-6-14)17-12-4-3-10(9-11(12)15)13(18)16-2/h3-4,9,17H,5-8,15H2,1-2H3,(H,16,18). The second-order valence-electron chi connectivity index (χ2n) is 5.18. The number of hydrogen-bond donors (Lipinski definition) is 3. The number of carbonyl (C=O) groups is 1. The third kappa shape index (κ3) is 3.17. The van der Waals surface area contributed by atoms with Crippen LogP contribution in [0.3, 0.4) is 0 Å². The van der Waals surface area contributed by atoms with E-state index in [0.717, 1.165) is 31.7 Å². The van der Waals surface area contributed by atoms with Gasteiger partial charge in [-0.1, -0.05) is 0 Å². The quantitative estimate of drug-likeness (QED) is 0.724. The van der Waals surface area contributed by atoms with Crippen molar-refractivity contribution in [1.82, 2.24) is 5.32 Å². The Morgan fingerprint density at radius 2 is 2.05 bits per heavy atom. The van der Waals surface area contributed by atoms with Crippen LogP contribution in [0, 0.1) is 0 Å². The summed E-state index contributed by atoms with van der Waals surface area (Å²) < 4.78 is 5.37. The maximum atomic E-state index is 11.5. The Labute approximate surface area is 113 Å². The summed E-state index contributed by atoms with van der Waals surface area (Å²) in [5.74, 6) is -0.129. The van der Waals surface area contributed by atoms with Gasteiger partial charge in [0.05, 0.1) is 11.4 Å². The van der Waals surface area contributed by atoms with Crippen molar-refractivity contribution >= 4 is 17.3 Å². The van der Waals surface area contributed by atoms with Crippen LogP contribution in [0.4, 0.5) is 11.4 Å². The Morgan fingerprint density at radius 1 is 1.37 bits per heavy atom. The van der Waals surface area contributed by atoms with E-state index in [1.165, 1.54) is 0 Å². The van der Waals surface area contributed by atoms with E-state index in [2.05, 4.69) is 17.6 Å². The largest absolute Gasteiger partial charge is 0.397 e. The predicted octanol–water partition coefficient (Wildman–Crippen LogP) is 1.61. The summed E-state index contributed by atoms with van der Waals surface area (Å²) in [4.78, 5) is 11.5. The van der Waals surface area contributed by atoms with Gasteiger partial charge in [0.2, 0.25) is 0 Å². The summed E-state index contributed by atoms with van der Waals surface area (Å²) in [5.41, 5.74) is 8.05. The molecule has 2 rings (SSSR count). The summed E-state index contributed by atoms with van der Waals surface area (Å²) in [5, 5.41) is 6.06. The topological polar surface area (TPSA) is 76.4 Å². The van der Waals surface area contributed by atoms with Gasteiger partial charge in [-0.3, -0.25) is 4.79 Å². The highest BCUT2D eigenvalue weighted by Gasteiger charge is 2.27. The lowest BCUT2D eigenvalue weighted by Gasteiger charge is -2.35.